The number of sulfonamides is 1. The van der Waals surface area contributed by atoms with Gasteiger partial charge in [-0.2, -0.15) is 4.31 Å². The van der Waals surface area contributed by atoms with Crippen molar-refractivity contribution in [2.24, 2.45) is 0 Å². The van der Waals surface area contributed by atoms with E-state index in [1.165, 1.54) is 17.0 Å². The summed E-state index contributed by atoms with van der Waals surface area (Å²) in [6, 6.07) is 10.2. The molecule has 2 aliphatic rings. The molecule has 4 rings (SSSR count). The number of benzene rings is 2. The molecule has 140 valence electrons. The first kappa shape index (κ1) is 17.6. The summed E-state index contributed by atoms with van der Waals surface area (Å²) in [5.74, 6) is -1.07. The third kappa shape index (κ3) is 3.08. The van der Waals surface area contributed by atoms with Gasteiger partial charge in [-0.3, -0.25) is 10.1 Å². The minimum Gasteiger partial charge on any atom is -0.307 e. The molecule has 1 saturated heterocycles. The number of urea groups is 1. The Labute approximate surface area is 155 Å². The summed E-state index contributed by atoms with van der Waals surface area (Å²) in [7, 11) is -3.99. The van der Waals surface area contributed by atoms with E-state index in [9.17, 15) is 22.4 Å². The highest BCUT2D eigenvalue weighted by Gasteiger charge is 2.43. The molecule has 0 aromatic heterocycles. The molecule has 2 aromatic rings. The van der Waals surface area contributed by atoms with Gasteiger partial charge in [-0.25, -0.2) is 17.6 Å². The van der Waals surface area contributed by atoms with E-state index >= 15 is 0 Å². The molecular formula is C18H16FN3O4S. The van der Waals surface area contributed by atoms with Gasteiger partial charge in [0.2, 0.25) is 10.0 Å². The fourth-order valence-electron chi connectivity index (χ4n) is 3.34. The van der Waals surface area contributed by atoms with E-state index in [-0.39, 0.29) is 24.5 Å². The van der Waals surface area contributed by atoms with Crippen molar-refractivity contribution < 1.29 is 22.4 Å². The normalized spacial score (nSPS) is 20.5. The Hall–Kier alpha value is -2.78. The Bertz CT molecular complexity index is 1020. The van der Waals surface area contributed by atoms with Gasteiger partial charge in [-0.15, -0.1) is 0 Å². The van der Waals surface area contributed by atoms with Crippen LogP contribution in [0.25, 0.3) is 0 Å². The summed E-state index contributed by atoms with van der Waals surface area (Å²) >= 11 is 0. The number of hydrogen-bond donors (Lipinski definition) is 1. The Morgan fingerprint density at radius 1 is 0.963 bits per heavy atom. The van der Waals surface area contributed by atoms with Gasteiger partial charge in [0, 0.05) is 19.6 Å². The molecule has 1 atom stereocenters. The minimum absolute atomic E-state index is 0.0572. The summed E-state index contributed by atoms with van der Waals surface area (Å²) in [5, 5.41) is 2.24. The van der Waals surface area contributed by atoms with Crippen LogP contribution in [-0.4, -0.2) is 42.1 Å². The highest BCUT2D eigenvalue weighted by molar-refractivity contribution is 7.89. The van der Waals surface area contributed by atoms with E-state index in [1.54, 1.807) is 24.3 Å². The number of amides is 3. The lowest BCUT2D eigenvalue weighted by atomic mass is 10.0. The number of carbonyl (C=O) groups excluding carboxylic acids is 2. The number of carbonyl (C=O) groups is 2. The van der Waals surface area contributed by atoms with Gasteiger partial charge in [-0.1, -0.05) is 24.3 Å². The zero-order valence-electron chi connectivity index (χ0n) is 14.1. The SMILES string of the molecule is O=C1NC(=O)N2Cc3ccccc3CN(S(=O)(=O)c3ccc(F)cc3)CC12. The first-order valence-corrected chi connectivity index (χ1v) is 9.74. The molecule has 0 radical (unpaired) electrons. The molecule has 0 saturated carbocycles. The first-order chi connectivity index (χ1) is 12.9. The maximum absolute atomic E-state index is 13.2. The van der Waals surface area contributed by atoms with Crippen LogP contribution in [0.3, 0.4) is 0 Å². The molecule has 1 fully saturated rings. The Morgan fingerprint density at radius 2 is 1.59 bits per heavy atom. The van der Waals surface area contributed by atoms with Crippen LogP contribution in [0.4, 0.5) is 9.18 Å². The molecular weight excluding hydrogens is 373 g/mol. The van der Waals surface area contributed by atoms with Gasteiger partial charge >= 0.3 is 6.03 Å². The van der Waals surface area contributed by atoms with Crippen molar-refractivity contribution in [3.8, 4) is 0 Å². The maximum Gasteiger partial charge on any atom is 0.325 e. The minimum atomic E-state index is -3.99. The lowest BCUT2D eigenvalue weighted by molar-refractivity contribution is -0.121. The average molecular weight is 389 g/mol. The van der Waals surface area contributed by atoms with Crippen molar-refractivity contribution in [3.05, 3.63) is 65.5 Å². The Morgan fingerprint density at radius 3 is 2.26 bits per heavy atom. The number of nitrogens with one attached hydrogen (secondary N) is 1. The molecule has 0 bridgehead atoms. The number of hydrogen-bond acceptors (Lipinski definition) is 4. The third-order valence-corrected chi connectivity index (χ3v) is 6.63. The summed E-state index contributed by atoms with van der Waals surface area (Å²) < 4.78 is 40.6. The molecule has 7 nitrogen and oxygen atoms in total. The second-order valence-electron chi connectivity index (χ2n) is 6.46. The van der Waals surface area contributed by atoms with Gasteiger partial charge in [-0.05, 0) is 35.4 Å². The van der Waals surface area contributed by atoms with Gasteiger partial charge in [0.05, 0.1) is 4.90 Å². The van der Waals surface area contributed by atoms with Gasteiger partial charge < -0.3 is 4.90 Å². The molecule has 0 spiro atoms. The second-order valence-corrected chi connectivity index (χ2v) is 8.40. The van der Waals surface area contributed by atoms with Gasteiger partial charge in [0.15, 0.2) is 0 Å². The van der Waals surface area contributed by atoms with Crippen LogP contribution in [0, 0.1) is 5.82 Å². The lowest BCUT2D eigenvalue weighted by Crippen LogP contribution is -2.47. The first-order valence-electron chi connectivity index (χ1n) is 8.30. The molecule has 0 aliphatic carbocycles. The fraction of sp³-hybridized carbons (Fsp3) is 0.222. The van der Waals surface area contributed by atoms with Crippen LogP contribution in [0.2, 0.25) is 0 Å². The van der Waals surface area contributed by atoms with Crippen LogP contribution in [0.5, 0.6) is 0 Å². The van der Waals surface area contributed by atoms with E-state index in [4.69, 9.17) is 0 Å². The van der Waals surface area contributed by atoms with Crippen molar-refractivity contribution in [1.82, 2.24) is 14.5 Å². The van der Waals surface area contributed by atoms with E-state index in [0.29, 0.717) is 0 Å². The Kier molecular flexibility index (Phi) is 4.20. The van der Waals surface area contributed by atoms with Crippen molar-refractivity contribution >= 4 is 22.0 Å². The van der Waals surface area contributed by atoms with E-state index < -0.39 is 33.8 Å². The molecule has 9 heteroatoms. The smallest absolute Gasteiger partial charge is 0.307 e. The van der Waals surface area contributed by atoms with Gasteiger partial charge in [0.1, 0.15) is 11.9 Å². The fourth-order valence-corrected chi connectivity index (χ4v) is 4.77. The number of nitrogens with zero attached hydrogens (tertiary/aromatic N) is 2. The summed E-state index contributed by atoms with van der Waals surface area (Å²) in [5.41, 5.74) is 1.51. The number of fused-ring (bicyclic) bond motifs is 2. The van der Waals surface area contributed by atoms with Crippen molar-refractivity contribution in [2.45, 2.75) is 24.0 Å². The molecule has 2 aliphatic heterocycles. The van der Waals surface area contributed by atoms with E-state index in [1.807, 2.05) is 0 Å². The monoisotopic (exact) mass is 389 g/mol. The quantitative estimate of drug-likeness (QED) is 0.788. The topological polar surface area (TPSA) is 86.8 Å². The number of rotatable bonds is 2. The average Bonchev–Trinajstić information content (AvgIpc) is 2.86. The van der Waals surface area contributed by atoms with Crippen LogP contribution >= 0.6 is 0 Å². The van der Waals surface area contributed by atoms with Crippen LogP contribution in [0.1, 0.15) is 11.1 Å². The molecule has 3 amide bonds. The Balaban J connectivity index is 1.79. The van der Waals surface area contributed by atoms with Crippen LogP contribution in [-0.2, 0) is 27.9 Å². The molecule has 1 unspecified atom stereocenters. The summed E-state index contributed by atoms with van der Waals surface area (Å²) in [6.07, 6.45) is 0. The zero-order chi connectivity index (χ0) is 19.2. The van der Waals surface area contributed by atoms with Crippen molar-refractivity contribution in [3.63, 3.8) is 0 Å². The zero-order valence-corrected chi connectivity index (χ0v) is 14.9. The molecule has 2 aromatic carbocycles. The predicted molar refractivity (Wildman–Crippen MR) is 93.3 cm³/mol. The van der Waals surface area contributed by atoms with Crippen LogP contribution < -0.4 is 5.32 Å². The van der Waals surface area contributed by atoms with Crippen LogP contribution in [0.15, 0.2) is 53.4 Å². The highest BCUT2D eigenvalue weighted by atomic mass is 32.2. The van der Waals surface area contributed by atoms with Crippen molar-refractivity contribution in [2.75, 3.05) is 6.54 Å². The number of imide groups is 1. The largest absolute Gasteiger partial charge is 0.325 e. The molecule has 2 heterocycles. The second kappa shape index (κ2) is 6.43. The highest BCUT2D eigenvalue weighted by Crippen LogP contribution is 2.27. The maximum atomic E-state index is 13.2. The molecule has 1 N–H and O–H groups in total. The lowest BCUT2D eigenvalue weighted by Gasteiger charge is -2.32. The van der Waals surface area contributed by atoms with E-state index in [0.717, 1.165) is 27.6 Å². The summed E-state index contributed by atoms with van der Waals surface area (Å²) in [6.45, 7) is 0.107. The van der Waals surface area contributed by atoms with Crippen molar-refractivity contribution in [1.29, 1.82) is 0 Å². The summed E-state index contributed by atoms with van der Waals surface area (Å²) in [4.78, 5) is 25.6. The van der Waals surface area contributed by atoms with Gasteiger partial charge in [0.25, 0.3) is 5.91 Å². The standard InChI is InChI=1S/C18H16FN3O4S/c19-14-5-7-15(8-6-14)27(25,26)21-9-12-3-1-2-4-13(12)10-22-16(11-21)17(23)20-18(22)24/h1-8,16H,9-11H2,(H,20,23,24). The molecule has 27 heavy (non-hydrogen) atoms. The number of halogens is 1. The predicted octanol–water partition coefficient (Wildman–Crippen LogP) is 1.45. The van der Waals surface area contributed by atoms with E-state index in [2.05, 4.69) is 5.32 Å². The third-order valence-electron chi connectivity index (χ3n) is 4.80.